The molecule has 0 unspecified atom stereocenters. The van der Waals surface area contributed by atoms with Gasteiger partial charge in [0.25, 0.3) is 5.91 Å². The van der Waals surface area contributed by atoms with Crippen LogP contribution in [-0.2, 0) is 4.79 Å². The Kier molecular flexibility index (Phi) is 5.34. The van der Waals surface area contributed by atoms with Crippen LogP contribution < -0.4 is 0 Å². The van der Waals surface area contributed by atoms with Crippen LogP contribution in [0.2, 0.25) is 0 Å². The normalized spacial score (nSPS) is 10.2. The quantitative estimate of drug-likeness (QED) is 0.909. The molecular weight excluding hydrogens is 298 g/mol. The summed E-state index contributed by atoms with van der Waals surface area (Å²) in [6.07, 6.45) is -0.0351. The zero-order chi connectivity index (χ0) is 13.7. The van der Waals surface area contributed by atoms with Gasteiger partial charge in [-0.1, -0.05) is 22.0 Å². The molecule has 0 fully saturated rings. The zero-order valence-electron chi connectivity index (χ0n) is 10.4. The molecule has 0 saturated carbocycles. The molecule has 0 aliphatic heterocycles. The second-order valence-corrected chi connectivity index (χ2v) is 4.90. The van der Waals surface area contributed by atoms with Crippen LogP contribution in [0.4, 0.5) is 0 Å². The summed E-state index contributed by atoms with van der Waals surface area (Å²) in [5, 5.41) is 8.66. The van der Waals surface area contributed by atoms with Crippen molar-refractivity contribution in [3.05, 3.63) is 33.8 Å². The third-order valence-electron chi connectivity index (χ3n) is 2.69. The van der Waals surface area contributed by atoms with Crippen LogP contribution in [0.15, 0.2) is 22.7 Å². The van der Waals surface area contributed by atoms with Crippen molar-refractivity contribution in [3.8, 4) is 0 Å². The molecule has 0 heterocycles. The highest BCUT2D eigenvalue weighted by molar-refractivity contribution is 9.10. The number of rotatable bonds is 5. The maximum absolute atomic E-state index is 12.3. The molecule has 98 valence electrons. The van der Waals surface area contributed by atoms with Gasteiger partial charge >= 0.3 is 5.97 Å². The van der Waals surface area contributed by atoms with Gasteiger partial charge in [0.15, 0.2) is 0 Å². The highest BCUT2D eigenvalue weighted by atomic mass is 79.9. The van der Waals surface area contributed by atoms with E-state index in [-0.39, 0.29) is 18.9 Å². The molecule has 1 N–H and O–H groups in total. The summed E-state index contributed by atoms with van der Waals surface area (Å²) in [7, 11) is 0. The Morgan fingerprint density at radius 3 is 2.61 bits per heavy atom. The maximum Gasteiger partial charge on any atom is 0.305 e. The first kappa shape index (κ1) is 14.7. The molecule has 0 aliphatic carbocycles. The second kappa shape index (κ2) is 6.54. The molecule has 18 heavy (non-hydrogen) atoms. The number of carbonyl (C=O) groups is 2. The van der Waals surface area contributed by atoms with Crippen molar-refractivity contribution in [1.29, 1.82) is 0 Å². The monoisotopic (exact) mass is 313 g/mol. The molecule has 4 nitrogen and oxygen atoms in total. The Balaban J connectivity index is 2.89. The van der Waals surface area contributed by atoms with E-state index in [1.165, 1.54) is 0 Å². The Morgan fingerprint density at radius 1 is 1.39 bits per heavy atom. The van der Waals surface area contributed by atoms with Crippen molar-refractivity contribution in [2.45, 2.75) is 20.3 Å². The number of hydrogen-bond donors (Lipinski definition) is 1. The third kappa shape index (κ3) is 3.84. The second-order valence-electron chi connectivity index (χ2n) is 3.99. The van der Waals surface area contributed by atoms with Gasteiger partial charge in [-0.2, -0.15) is 0 Å². The standard InChI is InChI=1S/C13H16BrNO3/c1-3-15(7-6-12(16)17)13(18)11-8-10(14)5-4-9(11)2/h4-5,8H,3,6-7H2,1-2H3,(H,16,17). The van der Waals surface area contributed by atoms with E-state index >= 15 is 0 Å². The van der Waals surface area contributed by atoms with E-state index in [4.69, 9.17) is 5.11 Å². The van der Waals surface area contributed by atoms with Crippen molar-refractivity contribution in [1.82, 2.24) is 4.90 Å². The van der Waals surface area contributed by atoms with Gasteiger partial charge in [0.1, 0.15) is 0 Å². The lowest BCUT2D eigenvalue weighted by Crippen LogP contribution is -2.33. The smallest absolute Gasteiger partial charge is 0.305 e. The van der Waals surface area contributed by atoms with E-state index < -0.39 is 5.97 Å². The average Bonchev–Trinajstić information content (AvgIpc) is 2.32. The molecule has 0 spiro atoms. The Morgan fingerprint density at radius 2 is 2.06 bits per heavy atom. The van der Waals surface area contributed by atoms with Crippen molar-refractivity contribution in [3.63, 3.8) is 0 Å². The van der Waals surface area contributed by atoms with E-state index in [9.17, 15) is 9.59 Å². The van der Waals surface area contributed by atoms with Gasteiger partial charge in [-0.25, -0.2) is 0 Å². The molecule has 0 saturated heterocycles. The molecule has 5 heteroatoms. The van der Waals surface area contributed by atoms with Gasteiger partial charge in [-0.3, -0.25) is 9.59 Å². The number of carboxylic acids is 1. The van der Waals surface area contributed by atoms with Gasteiger partial charge in [0, 0.05) is 23.1 Å². The number of nitrogens with zero attached hydrogens (tertiary/aromatic N) is 1. The minimum atomic E-state index is -0.896. The third-order valence-corrected chi connectivity index (χ3v) is 3.19. The van der Waals surface area contributed by atoms with Crippen LogP contribution in [0.25, 0.3) is 0 Å². The largest absolute Gasteiger partial charge is 0.481 e. The highest BCUT2D eigenvalue weighted by Gasteiger charge is 2.17. The van der Waals surface area contributed by atoms with Crippen LogP contribution in [0, 0.1) is 6.92 Å². The summed E-state index contributed by atoms with van der Waals surface area (Å²) in [5.41, 5.74) is 1.49. The first-order chi connectivity index (χ1) is 8.45. The van der Waals surface area contributed by atoms with Crippen molar-refractivity contribution < 1.29 is 14.7 Å². The summed E-state index contributed by atoms with van der Waals surface area (Å²) < 4.78 is 0.839. The number of carboxylic acid groups (broad SMARTS) is 1. The van der Waals surface area contributed by atoms with E-state index in [1.54, 1.807) is 11.0 Å². The summed E-state index contributed by atoms with van der Waals surface area (Å²) in [4.78, 5) is 24.4. The fourth-order valence-corrected chi connectivity index (χ4v) is 1.99. The molecule has 1 aromatic carbocycles. The fraction of sp³-hybridized carbons (Fsp3) is 0.385. The number of carbonyl (C=O) groups excluding carboxylic acids is 1. The van der Waals surface area contributed by atoms with Crippen LogP contribution in [0.1, 0.15) is 29.3 Å². The number of benzene rings is 1. The predicted molar refractivity (Wildman–Crippen MR) is 72.7 cm³/mol. The molecule has 1 rings (SSSR count). The SMILES string of the molecule is CCN(CCC(=O)O)C(=O)c1cc(Br)ccc1C. The summed E-state index contributed by atoms with van der Waals surface area (Å²) in [5.74, 6) is -1.02. The fourth-order valence-electron chi connectivity index (χ4n) is 1.63. The minimum Gasteiger partial charge on any atom is -0.481 e. The van der Waals surface area contributed by atoms with E-state index in [0.717, 1.165) is 10.0 Å². The zero-order valence-corrected chi connectivity index (χ0v) is 12.0. The molecule has 0 radical (unpaired) electrons. The molecule has 0 atom stereocenters. The topological polar surface area (TPSA) is 57.6 Å². The molecular formula is C13H16BrNO3. The number of amides is 1. The number of aliphatic carboxylic acids is 1. The first-order valence-electron chi connectivity index (χ1n) is 5.73. The lowest BCUT2D eigenvalue weighted by atomic mass is 10.1. The first-order valence-corrected chi connectivity index (χ1v) is 6.52. The Hall–Kier alpha value is -1.36. The summed E-state index contributed by atoms with van der Waals surface area (Å²) in [6, 6.07) is 5.50. The highest BCUT2D eigenvalue weighted by Crippen LogP contribution is 2.18. The van der Waals surface area contributed by atoms with Gasteiger partial charge in [0.05, 0.1) is 6.42 Å². The molecule has 0 aliphatic rings. The Labute approximate surface area is 115 Å². The summed E-state index contributed by atoms with van der Waals surface area (Å²) in [6.45, 7) is 4.44. The van der Waals surface area contributed by atoms with Gasteiger partial charge < -0.3 is 10.0 Å². The van der Waals surface area contributed by atoms with E-state index in [0.29, 0.717) is 12.1 Å². The van der Waals surface area contributed by atoms with Gasteiger partial charge in [-0.05, 0) is 31.5 Å². The van der Waals surface area contributed by atoms with Crippen molar-refractivity contribution in [2.75, 3.05) is 13.1 Å². The van der Waals surface area contributed by atoms with Gasteiger partial charge in [0.2, 0.25) is 0 Å². The minimum absolute atomic E-state index is 0.0351. The number of hydrogen-bond acceptors (Lipinski definition) is 2. The number of aryl methyl sites for hydroxylation is 1. The molecule has 0 aromatic heterocycles. The molecule has 1 aromatic rings. The van der Waals surface area contributed by atoms with Crippen LogP contribution >= 0.6 is 15.9 Å². The van der Waals surface area contributed by atoms with Crippen molar-refractivity contribution in [2.24, 2.45) is 0 Å². The lowest BCUT2D eigenvalue weighted by Gasteiger charge is -2.21. The van der Waals surface area contributed by atoms with Crippen LogP contribution in [0.5, 0.6) is 0 Å². The van der Waals surface area contributed by atoms with Crippen molar-refractivity contribution >= 4 is 27.8 Å². The van der Waals surface area contributed by atoms with Gasteiger partial charge in [-0.15, -0.1) is 0 Å². The lowest BCUT2D eigenvalue weighted by molar-refractivity contribution is -0.137. The maximum atomic E-state index is 12.3. The average molecular weight is 314 g/mol. The van der Waals surface area contributed by atoms with E-state index in [1.807, 2.05) is 26.0 Å². The van der Waals surface area contributed by atoms with E-state index in [2.05, 4.69) is 15.9 Å². The molecule has 0 bridgehead atoms. The van der Waals surface area contributed by atoms with Crippen LogP contribution in [0.3, 0.4) is 0 Å². The summed E-state index contributed by atoms with van der Waals surface area (Å²) >= 11 is 3.33. The predicted octanol–water partition coefficient (Wildman–Crippen LogP) is 2.69. The Bertz CT molecular complexity index is 460. The van der Waals surface area contributed by atoms with Crippen LogP contribution in [-0.4, -0.2) is 35.0 Å². The number of halogens is 1. The molecule has 1 amide bonds.